The Bertz CT molecular complexity index is 1680. The van der Waals surface area contributed by atoms with E-state index in [9.17, 15) is 18.0 Å². The van der Waals surface area contributed by atoms with Gasteiger partial charge in [0.25, 0.3) is 5.91 Å². The molecule has 4 heterocycles. The fraction of sp³-hybridized carbons (Fsp3) is 0.412. The largest absolute Gasteiger partial charge is 0.334 e. The molecule has 3 unspecified atom stereocenters. The second-order valence-electron chi connectivity index (χ2n) is 12.4. The number of piperazine rings is 2. The van der Waals surface area contributed by atoms with E-state index in [2.05, 4.69) is 4.90 Å². The summed E-state index contributed by atoms with van der Waals surface area (Å²) in [7, 11) is -3.57. The molecule has 3 atom stereocenters. The fourth-order valence-corrected chi connectivity index (χ4v) is 9.12. The molecule has 45 heavy (non-hydrogen) atoms. The van der Waals surface area contributed by atoms with E-state index in [1.807, 2.05) is 54.0 Å². The van der Waals surface area contributed by atoms with Gasteiger partial charge < -0.3 is 9.80 Å². The van der Waals surface area contributed by atoms with Crippen LogP contribution >= 0.6 is 23.2 Å². The maximum absolute atomic E-state index is 13.9. The van der Waals surface area contributed by atoms with Gasteiger partial charge in [-0.25, -0.2) is 8.42 Å². The number of halogens is 2. The summed E-state index contributed by atoms with van der Waals surface area (Å²) in [6.45, 7) is 6.72. The monoisotopic (exact) mass is 668 g/mol. The maximum Gasteiger partial charge on any atom is 0.254 e. The smallest absolute Gasteiger partial charge is 0.254 e. The van der Waals surface area contributed by atoms with Crippen molar-refractivity contribution in [3.05, 3.63) is 99.0 Å². The zero-order chi connectivity index (χ0) is 31.9. The summed E-state index contributed by atoms with van der Waals surface area (Å²) in [6.07, 6.45) is 2.03. The van der Waals surface area contributed by atoms with Gasteiger partial charge >= 0.3 is 0 Å². The number of piperidine rings is 2. The maximum atomic E-state index is 13.9. The van der Waals surface area contributed by atoms with E-state index >= 15 is 0 Å². The number of fused-ring (bicyclic) bond motifs is 3. The van der Waals surface area contributed by atoms with Gasteiger partial charge in [0, 0.05) is 63.3 Å². The summed E-state index contributed by atoms with van der Waals surface area (Å²) in [6, 6.07) is 19.4. The number of nitrogens with zero attached hydrogens (tertiary/aromatic N) is 4. The molecule has 0 aromatic heterocycles. The molecule has 0 N–H and O–H groups in total. The van der Waals surface area contributed by atoms with Crippen molar-refractivity contribution in [1.29, 1.82) is 0 Å². The first kappa shape index (κ1) is 32.0. The molecule has 3 aromatic rings. The number of carbonyl (C=O) groups is 2. The number of benzene rings is 3. The van der Waals surface area contributed by atoms with Crippen LogP contribution in [0, 0.1) is 13.8 Å². The van der Waals surface area contributed by atoms with Gasteiger partial charge in [-0.05, 0) is 68.7 Å². The van der Waals surface area contributed by atoms with Crippen LogP contribution in [0.1, 0.15) is 52.4 Å². The predicted octanol–water partition coefficient (Wildman–Crippen LogP) is 5.56. The van der Waals surface area contributed by atoms with Crippen LogP contribution in [0.25, 0.3) is 0 Å². The summed E-state index contributed by atoms with van der Waals surface area (Å²) in [5.74, 6) is -0.0573. The molecule has 0 saturated carbocycles. The molecular formula is C34H38Cl2N4O4S. The van der Waals surface area contributed by atoms with Crippen LogP contribution in [0.5, 0.6) is 0 Å². The highest BCUT2D eigenvalue weighted by atomic mass is 35.5. The molecule has 4 aliphatic rings. The average Bonchev–Trinajstić information content (AvgIpc) is 3.04. The Labute approximate surface area is 275 Å². The predicted molar refractivity (Wildman–Crippen MR) is 176 cm³/mol. The minimum absolute atomic E-state index is 0.000202. The van der Waals surface area contributed by atoms with Gasteiger partial charge in [0.1, 0.15) is 0 Å². The Morgan fingerprint density at radius 2 is 1.53 bits per heavy atom. The lowest BCUT2D eigenvalue weighted by molar-refractivity contribution is -0.136. The Kier molecular flexibility index (Phi) is 9.28. The SMILES string of the molecule is Cc1cc(C)cc(C(=O)N2CCN(C(=O)CCN3CC4CCC3CN4S(=O)(=O)c3ccccc3)C(c3ccc(Cl)c(Cl)c3)C2)c1. The molecule has 0 aliphatic carbocycles. The van der Waals surface area contributed by atoms with Gasteiger partial charge in [0.15, 0.2) is 0 Å². The summed E-state index contributed by atoms with van der Waals surface area (Å²) in [5, 5.41) is 0.833. The van der Waals surface area contributed by atoms with E-state index in [-0.39, 0.29) is 29.9 Å². The lowest BCUT2D eigenvalue weighted by Gasteiger charge is -2.50. The van der Waals surface area contributed by atoms with Crippen LogP contribution in [0.4, 0.5) is 0 Å². The molecule has 2 amide bonds. The molecule has 238 valence electrons. The molecule has 0 spiro atoms. The van der Waals surface area contributed by atoms with E-state index in [4.69, 9.17) is 23.2 Å². The normalized spacial score (nSPS) is 22.5. The third-order valence-electron chi connectivity index (χ3n) is 9.34. The third kappa shape index (κ3) is 6.65. The highest BCUT2D eigenvalue weighted by molar-refractivity contribution is 7.89. The lowest BCUT2D eigenvalue weighted by Crippen LogP contribution is -2.64. The van der Waals surface area contributed by atoms with E-state index in [0.717, 1.165) is 29.5 Å². The summed E-state index contributed by atoms with van der Waals surface area (Å²) >= 11 is 12.6. The standard InChI is InChI=1S/C34H38Cl2N4O4S/c1-23-16-24(2)18-26(17-23)34(42)38-14-15-39(32(22-38)25-8-11-30(35)31(36)19-25)33(41)12-13-37-20-28-10-9-27(37)21-40(28)45(43,44)29-6-4-3-5-7-29/h3-8,11,16-19,27-28,32H,9-10,12-15,20-22H2,1-2H3. The van der Waals surface area contributed by atoms with Crippen LogP contribution in [0.2, 0.25) is 10.0 Å². The first-order chi connectivity index (χ1) is 21.5. The van der Waals surface area contributed by atoms with Crippen LogP contribution in [-0.4, -0.2) is 90.6 Å². The first-order valence-electron chi connectivity index (χ1n) is 15.4. The molecule has 4 fully saturated rings. The van der Waals surface area contributed by atoms with Gasteiger partial charge in [-0.2, -0.15) is 4.31 Å². The Balaban J connectivity index is 1.15. The van der Waals surface area contributed by atoms with Gasteiger partial charge in [-0.15, -0.1) is 0 Å². The molecule has 3 aromatic carbocycles. The van der Waals surface area contributed by atoms with Gasteiger partial charge in [0.2, 0.25) is 15.9 Å². The Hall–Kier alpha value is -2.95. The van der Waals surface area contributed by atoms with Crippen molar-refractivity contribution in [2.24, 2.45) is 0 Å². The second-order valence-corrected chi connectivity index (χ2v) is 15.1. The number of amides is 2. The van der Waals surface area contributed by atoms with Gasteiger partial charge in [-0.1, -0.05) is 64.7 Å². The number of hydrogen-bond donors (Lipinski definition) is 0. The number of hydrogen-bond acceptors (Lipinski definition) is 5. The molecular weight excluding hydrogens is 631 g/mol. The molecule has 7 rings (SSSR count). The molecule has 0 radical (unpaired) electrons. The van der Waals surface area contributed by atoms with Crippen LogP contribution in [0.3, 0.4) is 0 Å². The van der Waals surface area contributed by atoms with Crippen molar-refractivity contribution in [3.63, 3.8) is 0 Å². The van der Waals surface area contributed by atoms with Crippen molar-refractivity contribution in [2.75, 3.05) is 39.3 Å². The first-order valence-corrected chi connectivity index (χ1v) is 17.6. The summed E-state index contributed by atoms with van der Waals surface area (Å²) < 4.78 is 28.4. The molecule has 8 nitrogen and oxygen atoms in total. The summed E-state index contributed by atoms with van der Waals surface area (Å²) in [4.78, 5) is 33.7. The number of sulfonamides is 1. The van der Waals surface area contributed by atoms with Crippen LogP contribution in [0.15, 0.2) is 71.6 Å². The Morgan fingerprint density at radius 3 is 2.20 bits per heavy atom. The highest BCUT2D eigenvalue weighted by Crippen LogP contribution is 2.35. The van der Waals surface area contributed by atoms with Gasteiger partial charge in [-0.3, -0.25) is 14.5 Å². The third-order valence-corrected chi connectivity index (χ3v) is 12.0. The molecule has 4 saturated heterocycles. The van der Waals surface area contributed by atoms with Crippen molar-refractivity contribution >= 4 is 45.0 Å². The lowest BCUT2D eigenvalue weighted by atomic mass is 9.92. The van der Waals surface area contributed by atoms with E-state index in [1.165, 1.54) is 0 Å². The molecule has 2 bridgehead atoms. The van der Waals surface area contributed by atoms with Crippen molar-refractivity contribution in [2.45, 2.75) is 56.1 Å². The average molecular weight is 670 g/mol. The van der Waals surface area contributed by atoms with Gasteiger partial charge in [0.05, 0.1) is 21.0 Å². The minimum Gasteiger partial charge on any atom is -0.334 e. The zero-order valence-corrected chi connectivity index (χ0v) is 27.9. The quantitative estimate of drug-likeness (QED) is 0.329. The second kappa shape index (κ2) is 13.0. The van der Waals surface area contributed by atoms with E-state index in [0.29, 0.717) is 66.2 Å². The Morgan fingerprint density at radius 1 is 0.822 bits per heavy atom. The van der Waals surface area contributed by atoms with Crippen LogP contribution < -0.4 is 0 Å². The zero-order valence-electron chi connectivity index (χ0n) is 25.5. The molecule has 4 aliphatic heterocycles. The van der Waals surface area contributed by atoms with Crippen LogP contribution in [-0.2, 0) is 14.8 Å². The van der Waals surface area contributed by atoms with E-state index < -0.39 is 10.0 Å². The topological polar surface area (TPSA) is 81.2 Å². The van der Waals surface area contributed by atoms with Crippen molar-refractivity contribution < 1.29 is 18.0 Å². The molecule has 11 heteroatoms. The number of carbonyl (C=O) groups excluding carboxylic acids is 2. The highest BCUT2D eigenvalue weighted by Gasteiger charge is 2.44. The number of aryl methyl sites for hydroxylation is 2. The van der Waals surface area contributed by atoms with Crippen molar-refractivity contribution in [3.8, 4) is 0 Å². The van der Waals surface area contributed by atoms with Crippen molar-refractivity contribution in [1.82, 2.24) is 19.0 Å². The fourth-order valence-electron chi connectivity index (χ4n) is 7.11. The minimum atomic E-state index is -3.57. The number of rotatable bonds is 7. The summed E-state index contributed by atoms with van der Waals surface area (Å²) in [5.41, 5.74) is 3.53. The van der Waals surface area contributed by atoms with E-state index in [1.54, 1.807) is 40.7 Å².